The number of hydrogen-bond acceptors (Lipinski definition) is 6. The molecule has 6 nitrogen and oxygen atoms in total. The first-order valence-electron chi connectivity index (χ1n) is 32.8. The highest BCUT2D eigenvalue weighted by Crippen LogP contribution is 2.18. The molecule has 0 radical (unpaired) electrons. The Kier molecular flexibility index (Phi) is 60.6. The molecule has 0 bridgehead atoms. The van der Waals surface area contributed by atoms with Crippen LogP contribution < -0.4 is 0 Å². The van der Waals surface area contributed by atoms with Crippen molar-refractivity contribution in [3.63, 3.8) is 0 Å². The summed E-state index contributed by atoms with van der Waals surface area (Å²) in [6.07, 6.45) is 74.9. The van der Waals surface area contributed by atoms with E-state index in [0.717, 1.165) is 70.6 Å². The van der Waals surface area contributed by atoms with Crippen LogP contribution in [-0.2, 0) is 28.6 Å². The maximum absolute atomic E-state index is 12.9. The quantitative estimate of drug-likeness (QED) is 0.0261. The van der Waals surface area contributed by atoms with Crippen molar-refractivity contribution in [2.45, 2.75) is 374 Å². The first kappa shape index (κ1) is 70.9. The Hall–Kier alpha value is -2.11. The van der Waals surface area contributed by atoms with Gasteiger partial charge in [0, 0.05) is 19.3 Å². The van der Waals surface area contributed by atoms with Gasteiger partial charge in [0.15, 0.2) is 6.10 Å². The minimum Gasteiger partial charge on any atom is -0.462 e. The molecule has 1 unspecified atom stereocenters. The molecule has 0 saturated heterocycles. The van der Waals surface area contributed by atoms with Crippen molar-refractivity contribution in [3.8, 4) is 0 Å². The smallest absolute Gasteiger partial charge is 0.306 e. The van der Waals surface area contributed by atoms with E-state index in [1.165, 1.54) is 257 Å². The molecule has 0 heterocycles. The predicted molar refractivity (Wildman–Crippen MR) is 316 cm³/mol. The van der Waals surface area contributed by atoms with Crippen molar-refractivity contribution in [2.75, 3.05) is 13.2 Å². The van der Waals surface area contributed by atoms with Gasteiger partial charge >= 0.3 is 17.9 Å². The highest BCUT2D eigenvalue weighted by atomic mass is 16.6. The third-order valence-electron chi connectivity index (χ3n) is 14.9. The fraction of sp³-hybridized carbons (Fsp3) is 0.896. The largest absolute Gasteiger partial charge is 0.462 e. The van der Waals surface area contributed by atoms with Crippen LogP contribution in [-0.4, -0.2) is 37.2 Å². The summed E-state index contributed by atoms with van der Waals surface area (Å²) in [7, 11) is 0. The maximum atomic E-state index is 12.9. The Morgan fingerprint density at radius 1 is 0.260 bits per heavy atom. The molecule has 0 aliphatic carbocycles. The summed E-state index contributed by atoms with van der Waals surface area (Å²) < 4.78 is 16.9. The van der Waals surface area contributed by atoms with Crippen molar-refractivity contribution in [1.29, 1.82) is 0 Å². The van der Waals surface area contributed by atoms with E-state index in [4.69, 9.17) is 14.2 Å². The van der Waals surface area contributed by atoms with Gasteiger partial charge in [-0.3, -0.25) is 14.4 Å². The lowest BCUT2D eigenvalue weighted by Gasteiger charge is -2.18. The van der Waals surface area contributed by atoms with Gasteiger partial charge in [0.05, 0.1) is 0 Å². The van der Waals surface area contributed by atoms with Crippen molar-refractivity contribution < 1.29 is 28.6 Å². The molecule has 0 aromatic heterocycles. The lowest BCUT2D eigenvalue weighted by molar-refractivity contribution is -0.167. The molecule has 430 valence electrons. The predicted octanol–water partition coefficient (Wildman–Crippen LogP) is 22.2. The first-order valence-corrected chi connectivity index (χ1v) is 32.8. The van der Waals surface area contributed by atoms with Crippen LogP contribution in [0.25, 0.3) is 0 Å². The van der Waals surface area contributed by atoms with E-state index in [2.05, 4.69) is 45.1 Å². The van der Waals surface area contributed by atoms with E-state index in [9.17, 15) is 14.4 Å². The number of ether oxygens (including phenoxy) is 3. The zero-order valence-corrected chi connectivity index (χ0v) is 49.4. The summed E-state index contributed by atoms with van der Waals surface area (Å²) in [6.45, 7) is 6.64. The normalized spacial score (nSPS) is 12.1. The average molecular weight is 1030 g/mol. The van der Waals surface area contributed by atoms with Crippen molar-refractivity contribution in [1.82, 2.24) is 0 Å². The Morgan fingerprint density at radius 2 is 0.479 bits per heavy atom. The average Bonchev–Trinajstić information content (AvgIpc) is 3.39. The number of allylic oxidation sites excluding steroid dienone is 4. The zero-order valence-electron chi connectivity index (χ0n) is 49.4. The summed E-state index contributed by atoms with van der Waals surface area (Å²) in [5.74, 6) is -0.854. The van der Waals surface area contributed by atoms with Crippen LogP contribution in [0.4, 0.5) is 0 Å². The molecule has 0 aromatic carbocycles. The van der Waals surface area contributed by atoms with Gasteiger partial charge in [-0.15, -0.1) is 0 Å². The van der Waals surface area contributed by atoms with Crippen LogP contribution in [0.1, 0.15) is 367 Å². The highest BCUT2D eigenvalue weighted by Gasteiger charge is 2.19. The Labute approximate surface area is 455 Å². The molecule has 6 heteroatoms. The second kappa shape index (κ2) is 62.4. The highest BCUT2D eigenvalue weighted by molar-refractivity contribution is 5.71. The molecular formula is C67H126O6. The molecule has 0 fully saturated rings. The summed E-state index contributed by atoms with van der Waals surface area (Å²) in [5.41, 5.74) is 0. The van der Waals surface area contributed by atoms with Gasteiger partial charge < -0.3 is 14.2 Å². The van der Waals surface area contributed by atoms with E-state index in [-0.39, 0.29) is 31.1 Å². The summed E-state index contributed by atoms with van der Waals surface area (Å²) >= 11 is 0. The van der Waals surface area contributed by atoms with Crippen molar-refractivity contribution in [2.24, 2.45) is 0 Å². The van der Waals surface area contributed by atoms with Gasteiger partial charge in [0.2, 0.25) is 0 Å². The van der Waals surface area contributed by atoms with Crippen LogP contribution in [0.5, 0.6) is 0 Å². The van der Waals surface area contributed by atoms with Gasteiger partial charge in [-0.1, -0.05) is 308 Å². The molecule has 0 saturated carbocycles. The second-order valence-corrected chi connectivity index (χ2v) is 22.4. The number of carbonyl (C=O) groups excluding carboxylic acids is 3. The molecular weight excluding hydrogens is 901 g/mol. The molecule has 0 spiro atoms. The zero-order chi connectivity index (χ0) is 52.9. The monoisotopic (exact) mass is 1030 g/mol. The Bertz CT molecular complexity index is 1180. The van der Waals surface area contributed by atoms with E-state index in [1.54, 1.807) is 0 Å². The fourth-order valence-electron chi connectivity index (χ4n) is 9.97. The van der Waals surface area contributed by atoms with Crippen molar-refractivity contribution in [3.05, 3.63) is 24.3 Å². The van der Waals surface area contributed by atoms with Crippen LogP contribution >= 0.6 is 0 Å². The van der Waals surface area contributed by atoms with E-state index in [0.29, 0.717) is 19.3 Å². The molecule has 0 aromatic rings. The molecule has 0 rings (SSSR count). The van der Waals surface area contributed by atoms with Crippen LogP contribution in [0.3, 0.4) is 0 Å². The van der Waals surface area contributed by atoms with Crippen LogP contribution in [0, 0.1) is 0 Å². The number of carbonyl (C=O) groups is 3. The third kappa shape index (κ3) is 60.6. The maximum Gasteiger partial charge on any atom is 0.306 e. The molecule has 1 atom stereocenters. The summed E-state index contributed by atoms with van der Waals surface area (Å²) in [6, 6.07) is 0. The summed E-state index contributed by atoms with van der Waals surface area (Å²) in [5, 5.41) is 0. The van der Waals surface area contributed by atoms with E-state index in [1.807, 2.05) is 0 Å². The number of rotatable bonds is 61. The lowest BCUT2D eigenvalue weighted by atomic mass is 10.0. The van der Waals surface area contributed by atoms with Gasteiger partial charge in [-0.05, 0) is 64.2 Å². The Balaban J connectivity index is 4.16. The van der Waals surface area contributed by atoms with E-state index >= 15 is 0 Å². The van der Waals surface area contributed by atoms with E-state index < -0.39 is 6.10 Å². The molecule has 0 N–H and O–H groups in total. The fourth-order valence-corrected chi connectivity index (χ4v) is 9.97. The van der Waals surface area contributed by atoms with Crippen molar-refractivity contribution >= 4 is 17.9 Å². The number of hydrogen-bond donors (Lipinski definition) is 0. The lowest BCUT2D eigenvalue weighted by Crippen LogP contribution is -2.30. The topological polar surface area (TPSA) is 78.9 Å². The van der Waals surface area contributed by atoms with Gasteiger partial charge in [0.25, 0.3) is 0 Å². The van der Waals surface area contributed by atoms with Gasteiger partial charge in [0.1, 0.15) is 13.2 Å². The second-order valence-electron chi connectivity index (χ2n) is 22.4. The van der Waals surface area contributed by atoms with Crippen LogP contribution in [0.2, 0.25) is 0 Å². The minimum absolute atomic E-state index is 0.0689. The van der Waals surface area contributed by atoms with Gasteiger partial charge in [-0.2, -0.15) is 0 Å². The van der Waals surface area contributed by atoms with Crippen LogP contribution in [0.15, 0.2) is 24.3 Å². The number of esters is 3. The first-order chi connectivity index (χ1) is 36.0. The molecule has 0 aliphatic rings. The standard InChI is InChI=1S/C67H126O6/c1-4-7-10-13-16-19-22-24-26-28-30-32-33-34-35-36-38-39-41-43-45-48-51-54-57-60-66(69)72-63-64(62-71-65(68)59-56-53-50-47-21-18-15-12-9-6-3)73-67(70)61-58-55-52-49-46-44-42-40-37-31-29-27-25-23-20-17-14-11-8-5-2/h12,15,28,30,64H,4-11,13-14,16-27,29,31-63H2,1-3H3/b15-12-,30-28-. The molecule has 0 aliphatic heterocycles. The third-order valence-corrected chi connectivity index (χ3v) is 14.9. The summed E-state index contributed by atoms with van der Waals surface area (Å²) in [4.78, 5) is 38.2. The Morgan fingerprint density at radius 3 is 0.740 bits per heavy atom. The number of unbranched alkanes of at least 4 members (excludes halogenated alkanes) is 46. The minimum atomic E-state index is -0.771. The molecule has 0 amide bonds. The van der Waals surface area contributed by atoms with Gasteiger partial charge in [-0.25, -0.2) is 0 Å². The molecule has 73 heavy (non-hydrogen) atoms. The SMILES string of the molecule is CCC/C=C\CCCCCCCC(=O)OCC(COC(=O)CCCCCCCCCCCCCCC/C=C\CCCCCCCCCC)OC(=O)CCCCCCCCCCCCCCCCCCCCCC.